The molecule has 9 nitrogen and oxygen atoms in total. The smallest absolute Gasteiger partial charge is 0.337 e. The number of rotatable bonds is 7. The van der Waals surface area contributed by atoms with Crippen LogP contribution in [-0.2, 0) is 7.05 Å². The Balaban J connectivity index is 1.73. The number of anilines is 2. The number of carbonyl (C=O) groups excluding carboxylic acids is 1. The lowest BCUT2D eigenvalue weighted by molar-refractivity contribution is 0.253. The molecule has 0 fully saturated rings. The van der Waals surface area contributed by atoms with Crippen molar-refractivity contribution in [2.45, 2.75) is 26.7 Å². The van der Waals surface area contributed by atoms with Crippen LogP contribution in [0.5, 0.6) is 5.88 Å². The van der Waals surface area contributed by atoms with Gasteiger partial charge < -0.3 is 10.1 Å². The van der Waals surface area contributed by atoms with Crippen LogP contribution >= 0.6 is 11.6 Å². The number of hydrogen-bond donors (Lipinski definition) is 3. The zero-order chi connectivity index (χ0) is 21.8. The third-order valence-electron chi connectivity index (χ3n) is 4.28. The van der Waals surface area contributed by atoms with Crippen LogP contribution in [0.1, 0.15) is 31.0 Å². The molecule has 3 N–H and O–H groups in total. The first-order valence-electron chi connectivity index (χ1n) is 9.32. The number of aryl methyl sites for hydroxylation is 2. The molecule has 0 saturated heterocycles. The lowest BCUT2D eigenvalue weighted by atomic mass is 10.00. The first kappa shape index (κ1) is 21.6. The third-order valence-corrected chi connectivity index (χ3v) is 4.47. The number of amides is 2. The Bertz CT molecular complexity index is 1070. The van der Waals surface area contributed by atoms with Crippen molar-refractivity contribution in [3.63, 3.8) is 0 Å². The maximum absolute atomic E-state index is 12.3. The molecule has 3 aromatic rings. The van der Waals surface area contributed by atoms with Gasteiger partial charge in [-0.1, -0.05) is 25.4 Å². The maximum Gasteiger partial charge on any atom is 0.337 e. The quantitative estimate of drug-likeness (QED) is 0.383. The van der Waals surface area contributed by atoms with E-state index in [4.69, 9.17) is 16.3 Å². The highest BCUT2D eigenvalue weighted by Crippen LogP contribution is 2.29. The maximum atomic E-state index is 12.3. The highest BCUT2D eigenvalue weighted by molar-refractivity contribution is 6.29. The van der Waals surface area contributed by atoms with Crippen molar-refractivity contribution in [3.05, 3.63) is 34.6 Å². The number of urea groups is 1. The van der Waals surface area contributed by atoms with Crippen LogP contribution in [0.15, 0.2) is 18.2 Å². The van der Waals surface area contributed by atoms with Crippen LogP contribution in [0.25, 0.3) is 11.0 Å². The minimum atomic E-state index is -0.659. The zero-order valence-corrected chi connectivity index (χ0v) is 17.8. The van der Waals surface area contributed by atoms with Gasteiger partial charge in [-0.15, -0.1) is 0 Å². The van der Waals surface area contributed by atoms with Crippen LogP contribution in [0, 0.1) is 6.92 Å². The van der Waals surface area contributed by atoms with E-state index in [1.54, 1.807) is 4.68 Å². The van der Waals surface area contributed by atoms with E-state index >= 15 is 0 Å². The van der Waals surface area contributed by atoms with E-state index in [0.717, 1.165) is 22.3 Å². The standard InChI is InChI=1S/C19H23ClFN7O2/c1-10(2)13-9-15(24-18-17(13)11(3)27-28(18)4)25-26-19(29)22-12-7-14(20)23-16(8-12)30-6-5-21/h7-10H,5-6H2,1-4H3,(H,24,25)(H2,22,23,26,29). The van der Waals surface area contributed by atoms with E-state index in [1.165, 1.54) is 12.1 Å². The molecule has 2 amide bonds. The average Bonchev–Trinajstić information content (AvgIpc) is 2.97. The minimum Gasteiger partial charge on any atom is -0.475 e. The van der Waals surface area contributed by atoms with Gasteiger partial charge in [0.1, 0.15) is 24.3 Å². The number of alkyl halides is 1. The number of aromatic nitrogens is 4. The second-order valence-electron chi connectivity index (χ2n) is 6.92. The van der Waals surface area contributed by atoms with E-state index in [0.29, 0.717) is 11.5 Å². The van der Waals surface area contributed by atoms with E-state index in [-0.39, 0.29) is 23.6 Å². The van der Waals surface area contributed by atoms with Crippen molar-refractivity contribution in [3.8, 4) is 5.88 Å². The molecular formula is C19H23ClFN7O2. The Hall–Kier alpha value is -3.14. The lowest BCUT2D eigenvalue weighted by Crippen LogP contribution is -2.34. The number of carbonyl (C=O) groups is 1. The van der Waals surface area contributed by atoms with Gasteiger partial charge in [0, 0.05) is 18.5 Å². The van der Waals surface area contributed by atoms with Crippen LogP contribution in [0.2, 0.25) is 5.15 Å². The van der Waals surface area contributed by atoms with Crippen molar-refractivity contribution in [2.24, 2.45) is 7.05 Å². The van der Waals surface area contributed by atoms with E-state index in [1.807, 2.05) is 20.0 Å². The fraction of sp³-hybridized carbons (Fsp3) is 0.368. The van der Waals surface area contributed by atoms with Crippen LogP contribution < -0.4 is 20.9 Å². The van der Waals surface area contributed by atoms with Crippen molar-refractivity contribution in [1.29, 1.82) is 0 Å². The summed E-state index contributed by atoms with van der Waals surface area (Å²) in [6.07, 6.45) is 0. The van der Waals surface area contributed by atoms with Gasteiger partial charge in [-0.3, -0.25) is 15.5 Å². The largest absolute Gasteiger partial charge is 0.475 e. The zero-order valence-electron chi connectivity index (χ0n) is 17.1. The second-order valence-corrected chi connectivity index (χ2v) is 7.30. The number of hydrazine groups is 1. The summed E-state index contributed by atoms with van der Waals surface area (Å²) < 4.78 is 19.1. The summed E-state index contributed by atoms with van der Waals surface area (Å²) in [7, 11) is 1.83. The van der Waals surface area contributed by atoms with Gasteiger partial charge in [0.2, 0.25) is 5.88 Å². The number of pyridine rings is 2. The van der Waals surface area contributed by atoms with E-state index < -0.39 is 12.7 Å². The number of fused-ring (bicyclic) bond motifs is 1. The summed E-state index contributed by atoms with van der Waals surface area (Å²) in [6.45, 7) is 5.30. The molecule has 0 bridgehead atoms. The van der Waals surface area contributed by atoms with Gasteiger partial charge in [0.05, 0.1) is 11.4 Å². The Morgan fingerprint density at radius 2 is 2.07 bits per heavy atom. The van der Waals surface area contributed by atoms with Gasteiger partial charge in [0.25, 0.3) is 0 Å². The molecule has 3 aromatic heterocycles. The average molecular weight is 436 g/mol. The first-order chi connectivity index (χ1) is 14.3. The highest BCUT2D eigenvalue weighted by atomic mass is 35.5. The Labute approximate surface area is 177 Å². The molecule has 0 aliphatic rings. The number of nitrogens with zero attached hydrogens (tertiary/aromatic N) is 4. The molecule has 30 heavy (non-hydrogen) atoms. The van der Waals surface area contributed by atoms with Gasteiger partial charge in [-0.05, 0) is 30.5 Å². The van der Waals surface area contributed by atoms with Gasteiger partial charge in [0.15, 0.2) is 5.65 Å². The SMILES string of the molecule is Cc1nn(C)c2nc(NNC(=O)Nc3cc(Cl)nc(OCCF)c3)cc(C(C)C)c12. The molecule has 0 aliphatic heterocycles. The predicted octanol–water partition coefficient (Wildman–Crippen LogP) is 3.95. The van der Waals surface area contributed by atoms with Crippen molar-refractivity contribution >= 4 is 40.2 Å². The normalized spacial score (nSPS) is 11.0. The van der Waals surface area contributed by atoms with Crippen LogP contribution in [-0.4, -0.2) is 39.1 Å². The topological polar surface area (TPSA) is 106 Å². The Morgan fingerprint density at radius 3 is 2.77 bits per heavy atom. The summed E-state index contributed by atoms with van der Waals surface area (Å²) >= 11 is 5.91. The fourth-order valence-electron chi connectivity index (χ4n) is 3.04. The highest BCUT2D eigenvalue weighted by Gasteiger charge is 2.16. The van der Waals surface area contributed by atoms with Gasteiger partial charge >= 0.3 is 6.03 Å². The lowest BCUT2D eigenvalue weighted by Gasteiger charge is -2.13. The van der Waals surface area contributed by atoms with Gasteiger partial charge in [-0.25, -0.2) is 19.2 Å². The molecule has 0 saturated carbocycles. The molecular weight excluding hydrogens is 413 g/mol. The number of halogens is 2. The van der Waals surface area contributed by atoms with Crippen molar-refractivity contribution in [1.82, 2.24) is 25.2 Å². The minimum absolute atomic E-state index is 0.106. The fourth-order valence-corrected chi connectivity index (χ4v) is 3.24. The molecule has 0 unspecified atom stereocenters. The molecule has 0 spiro atoms. The number of hydrogen-bond acceptors (Lipinski definition) is 6. The molecule has 0 radical (unpaired) electrons. The molecule has 0 atom stereocenters. The summed E-state index contributed by atoms with van der Waals surface area (Å²) in [5.74, 6) is 0.835. The molecule has 0 aliphatic carbocycles. The summed E-state index contributed by atoms with van der Waals surface area (Å²) in [6, 6.07) is 4.22. The summed E-state index contributed by atoms with van der Waals surface area (Å²) in [4.78, 5) is 20.7. The van der Waals surface area contributed by atoms with Gasteiger partial charge in [-0.2, -0.15) is 5.10 Å². The van der Waals surface area contributed by atoms with Crippen LogP contribution in [0.4, 0.5) is 20.7 Å². The Kier molecular flexibility index (Phi) is 6.56. The first-order valence-corrected chi connectivity index (χ1v) is 9.70. The van der Waals surface area contributed by atoms with Crippen molar-refractivity contribution in [2.75, 3.05) is 24.0 Å². The monoisotopic (exact) mass is 435 g/mol. The number of nitrogens with one attached hydrogen (secondary N) is 3. The van der Waals surface area contributed by atoms with E-state index in [2.05, 4.69) is 45.1 Å². The van der Waals surface area contributed by atoms with Crippen LogP contribution in [0.3, 0.4) is 0 Å². The molecule has 3 heterocycles. The second kappa shape index (κ2) is 9.12. The summed E-state index contributed by atoms with van der Waals surface area (Å²) in [5.41, 5.74) is 8.38. The molecule has 160 valence electrons. The molecule has 3 rings (SSSR count). The third kappa shape index (κ3) is 4.88. The molecule has 0 aromatic carbocycles. The summed E-state index contributed by atoms with van der Waals surface area (Å²) in [5, 5.41) is 8.16. The van der Waals surface area contributed by atoms with E-state index in [9.17, 15) is 9.18 Å². The Morgan fingerprint density at radius 1 is 1.30 bits per heavy atom. The molecule has 11 heteroatoms. The van der Waals surface area contributed by atoms with Crippen molar-refractivity contribution < 1.29 is 13.9 Å². The number of ether oxygens (including phenoxy) is 1. The predicted molar refractivity (Wildman–Crippen MR) is 114 cm³/mol.